The van der Waals surface area contributed by atoms with E-state index in [4.69, 9.17) is 0 Å². The van der Waals surface area contributed by atoms with Crippen molar-refractivity contribution in [2.75, 3.05) is 10.6 Å². The Morgan fingerprint density at radius 3 is 2.58 bits per heavy atom. The highest BCUT2D eigenvalue weighted by molar-refractivity contribution is 6.02. The van der Waals surface area contributed by atoms with Crippen LogP contribution in [0.1, 0.15) is 48.0 Å². The second kappa shape index (κ2) is 10.3. The van der Waals surface area contributed by atoms with Crippen LogP contribution in [-0.4, -0.2) is 32.6 Å². The molecule has 3 aromatic rings. The van der Waals surface area contributed by atoms with Crippen LogP contribution in [0.3, 0.4) is 0 Å². The summed E-state index contributed by atoms with van der Waals surface area (Å²) in [5.74, 6) is -0.0297. The third kappa shape index (κ3) is 5.77. The van der Waals surface area contributed by atoms with Crippen LogP contribution in [0.25, 0.3) is 0 Å². The van der Waals surface area contributed by atoms with E-state index in [2.05, 4.69) is 26.0 Å². The highest BCUT2D eigenvalue weighted by atomic mass is 16.2. The van der Waals surface area contributed by atoms with Crippen LogP contribution in [0.4, 0.5) is 17.1 Å². The molecule has 8 heteroatoms. The average molecular weight is 447 g/mol. The lowest BCUT2D eigenvalue weighted by atomic mass is 9.97. The summed E-state index contributed by atoms with van der Waals surface area (Å²) in [5.41, 5.74) is 3.70. The third-order valence-electron chi connectivity index (χ3n) is 6.18. The number of nitrogens with one attached hydrogen (secondary N) is 3. The van der Waals surface area contributed by atoms with Gasteiger partial charge >= 0.3 is 0 Å². The van der Waals surface area contributed by atoms with Gasteiger partial charge in [-0.25, -0.2) is 0 Å². The van der Waals surface area contributed by atoms with Crippen molar-refractivity contribution in [3.63, 3.8) is 0 Å². The van der Waals surface area contributed by atoms with Gasteiger partial charge in [-0.3, -0.25) is 19.3 Å². The summed E-state index contributed by atoms with van der Waals surface area (Å²) in [6.45, 7) is 1.90. The van der Waals surface area contributed by atoms with Crippen molar-refractivity contribution in [3.05, 3.63) is 66.2 Å². The van der Waals surface area contributed by atoms with E-state index in [0.717, 1.165) is 29.8 Å². The summed E-state index contributed by atoms with van der Waals surface area (Å²) in [5, 5.41) is 13.3. The van der Waals surface area contributed by atoms with Crippen molar-refractivity contribution < 1.29 is 9.59 Å². The molecule has 1 aliphatic rings. The van der Waals surface area contributed by atoms with Crippen molar-refractivity contribution in [1.29, 1.82) is 0 Å². The van der Waals surface area contributed by atoms with Crippen LogP contribution < -0.4 is 16.0 Å². The number of pyridine rings is 1. The minimum Gasteiger partial charge on any atom is -0.355 e. The van der Waals surface area contributed by atoms with E-state index in [9.17, 15) is 9.59 Å². The molecule has 2 amide bonds. The zero-order valence-corrected chi connectivity index (χ0v) is 19.0. The summed E-state index contributed by atoms with van der Waals surface area (Å²) in [7, 11) is 1.79. The Hall–Kier alpha value is -3.68. The number of aryl methyl sites for hydroxylation is 1. The molecule has 1 fully saturated rings. The fraction of sp³-hybridized carbons (Fsp3) is 0.360. The largest absolute Gasteiger partial charge is 0.355 e. The number of benzene rings is 1. The average Bonchev–Trinajstić information content (AvgIpc) is 3.47. The second-order valence-corrected chi connectivity index (χ2v) is 8.64. The predicted octanol–water partition coefficient (Wildman–Crippen LogP) is 4.18. The van der Waals surface area contributed by atoms with Gasteiger partial charge in [-0.1, -0.05) is 31.7 Å². The van der Waals surface area contributed by atoms with Gasteiger partial charge < -0.3 is 16.0 Å². The standard InChI is InChI=1S/C25H30N6O2/c1-17-21(8-5-9-22(17)28-19-10-12-26-13-11-19)24(32)30-23(14-18-6-3-4-7-18)25(33)29-20-15-27-31(2)16-20/h5,8-13,15-16,18,23H,3-4,6-7,14H2,1-2H3,(H,26,28)(H,29,33)(H,30,32)/t23-/m0/s1. The summed E-state index contributed by atoms with van der Waals surface area (Å²) in [6, 6.07) is 8.68. The summed E-state index contributed by atoms with van der Waals surface area (Å²) < 4.78 is 1.63. The molecule has 0 radical (unpaired) electrons. The number of amides is 2. The van der Waals surface area contributed by atoms with Gasteiger partial charge in [0.15, 0.2) is 0 Å². The molecule has 8 nitrogen and oxygen atoms in total. The zero-order valence-electron chi connectivity index (χ0n) is 19.0. The lowest BCUT2D eigenvalue weighted by Gasteiger charge is -2.22. The van der Waals surface area contributed by atoms with Crippen molar-refractivity contribution in [3.8, 4) is 0 Å². The van der Waals surface area contributed by atoms with E-state index < -0.39 is 6.04 Å². The van der Waals surface area contributed by atoms with Gasteiger partial charge in [0.25, 0.3) is 5.91 Å². The van der Waals surface area contributed by atoms with Crippen molar-refractivity contribution >= 4 is 28.9 Å². The lowest BCUT2D eigenvalue weighted by molar-refractivity contribution is -0.118. The van der Waals surface area contributed by atoms with E-state index in [1.54, 1.807) is 42.6 Å². The Balaban J connectivity index is 1.50. The van der Waals surface area contributed by atoms with Gasteiger partial charge in [0, 0.05) is 42.6 Å². The van der Waals surface area contributed by atoms with Crippen LogP contribution >= 0.6 is 0 Å². The lowest BCUT2D eigenvalue weighted by Crippen LogP contribution is -2.45. The molecule has 0 aliphatic heterocycles. The first-order valence-corrected chi connectivity index (χ1v) is 11.4. The number of nitrogens with zero attached hydrogens (tertiary/aromatic N) is 3. The first-order chi connectivity index (χ1) is 16.0. The zero-order chi connectivity index (χ0) is 23.2. The molecule has 4 rings (SSSR count). The van der Waals surface area contributed by atoms with E-state index in [1.807, 2.05) is 31.2 Å². The van der Waals surface area contributed by atoms with E-state index in [-0.39, 0.29) is 11.8 Å². The molecule has 2 heterocycles. The van der Waals surface area contributed by atoms with Crippen LogP contribution in [0.5, 0.6) is 0 Å². The van der Waals surface area contributed by atoms with E-state index in [0.29, 0.717) is 23.6 Å². The van der Waals surface area contributed by atoms with Gasteiger partial charge in [-0.05, 0) is 49.1 Å². The molecule has 1 aromatic carbocycles. The highest BCUT2D eigenvalue weighted by Crippen LogP contribution is 2.29. The molecule has 1 saturated carbocycles. The fourth-order valence-electron chi connectivity index (χ4n) is 4.37. The highest BCUT2D eigenvalue weighted by Gasteiger charge is 2.28. The number of anilines is 3. The first-order valence-electron chi connectivity index (χ1n) is 11.4. The molecule has 0 bridgehead atoms. The minimum atomic E-state index is -0.614. The number of rotatable bonds is 8. The Bertz CT molecular complexity index is 1110. The van der Waals surface area contributed by atoms with E-state index >= 15 is 0 Å². The van der Waals surface area contributed by atoms with Crippen LogP contribution in [0.15, 0.2) is 55.1 Å². The van der Waals surface area contributed by atoms with Crippen LogP contribution in [0.2, 0.25) is 0 Å². The Labute approximate surface area is 193 Å². The topological polar surface area (TPSA) is 101 Å². The number of aromatic nitrogens is 3. The van der Waals surface area contributed by atoms with Gasteiger partial charge in [0.2, 0.25) is 5.91 Å². The molecule has 2 aromatic heterocycles. The molecule has 1 aliphatic carbocycles. The SMILES string of the molecule is Cc1c(Nc2ccncc2)cccc1C(=O)N[C@@H](CC1CCCC1)C(=O)Nc1cnn(C)c1. The van der Waals surface area contributed by atoms with Crippen LogP contribution in [0, 0.1) is 12.8 Å². The normalized spacial score (nSPS) is 14.6. The molecule has 3 N–H and O–H groups in total. The minimum absolute atomic E-state index is 0.216. The maximum Gasteiger partial charge on any atom is 0.252 e. The molecule has 0 unspecified atom stereocenters. The molecule has 0 saturated heterocycles. The number of carbonyl (C=O) groups is 2. The second-order valence-electron chi connectivity index (χ2n) is 8.64. The molecular weight excluding hydrogens is 416 g/mol. The Morgan fingerprint density at radius 2 is 1.88 bits per heavy atom. The Kier molecular flexibility index (Phi) is 7.02. The van der Waals surface area contributed by atoms with Gasteiger partial charge in [-0.2, -0.15) is 5.10 Å². The van der Waals surface area contributed by atoms with Crippen LogP contribution in [-0.2, 0) is 11.8 Å². The van der Waals surface area contributed by atoms with Crippen molar-refractivity contribution in [2.45, 2.75) is 45.1 Å². The fourth-order valence-corrected chi connectivity index (χ4v) is 4.37. The van der Waals surface area contributed by atoms with Crippen molar-refractivity contribution in [1.82, 2.24) is 20.1 Å². The monoisotopic (exact) mass is 446 g/mol. The third-order valence-corrected chi connectivity index (χ3v) is 6.18. The summed E-state index contributed by atoms with van der Waals surface area (Å²) in [4.78, 5) is 30.4. The predicted molar refractivity (Wildman–Crippen MR) is 128 cm³/mol. The van der Waals surface area contributed by atoms with E-state index in [1.165, 1.54) is 12.8 Å². The number of hydrogen-bond donors (Lipinski definition) is 3. The maximum atomic E-state index is 13.3. The molecule has 172 valence electrons. The Morgan fingerprint density at radius 1 is 1.12 bits per heavy atom. The molecule has 0 spiro atoms. The number of carbonyl (C=O) groups excluding carboxylic acids is 2. The van der Waals surface area contributed by atoms with Gasteiger partial charge in [0.1, 0.15) is 6.04 Å². The van der Waals surface area contributed by atoms with Gasteiger partial charge in [0.05, 0.1) is 11.9 Å². The smallest absolute Gasteiger partial charge is 0.252 e. The van der Waals surface area contributed by atoms with Crippen molar-refractivity contribution in [2.24, 2.45) is 13.0 Å². The number of hydrogen-bond acceptors (Lipinski definition) is 5. The maximum absolute atomic E-state index is 13.3. The molecule has 33 heavy (non-hydrogen) atoms. The summed E-state index contributed by atoms with van der Waals surface area (Å²) in [6.07, 6.45) is 11.9. The quantitative estimate of drug-likeness (QED) is 0.482. The molecule has 1 atom stereocenters. The molecular formula is C25H30N6O2. The van der Waals surface area contributed by atoms with Gasteiger partial charge in [-0.15, -0.1) is 0 Å². The first kappa shape index (κ1) is 22.5. The summed E-state index contributed by atoms with van der Waals surface area (Å²) >= 11 is 0.